The molecule has 1 heterocycles. The Morgan fingerprint density at radius 1 is 0.909 bits per heavy atom. The average Bonchev–Trinajstić information content (AvgIpc) is 2.55. The third kappa shape index (κ3) is 3.06. The number of nitrogens with one attached hydrogen (secondary N) is 1. The van der Waals surface area contributed by atoms with Crippen molar-refractivity contribution in [1.29, 1.82) is 5.41 Å². The monoisotopic (exact) mass is 294 g/mol. The number of piperazine rings is 1. The fourth-order valence-corrected chi connectivity index (χ4v) is 2.90. The van der Waals surface area contributed by atoms with E-state index in [1.807, 2.05) is 12.1 Å². The largest absolute Gasteiger partial charge is 0.384 e. The molecule has 4 heteroatoms. The zero-order valence-electron chi connectivity index (χ0n) is 12.9. The SMILES string of the molecule is Cc1cccc(N2CCN(c3ccc(C(=N)N)cc3)CC2)c1. The van der Waals surface area contributed by atoms with Crippen LogP contribution in [0.15, 0.2) is 48.5 Å². The van der Waals surface area contributed by atoms with Crippen LogP contribution in [0.25, 0.3) is 0 Å². The Labute approximate surface area is 131 Å². The van der Waals surface area contributed by atoms with Gasteiger partial charge in [-0.2, -0.15) is 0 Å². The van der Waals surface area contributed by atoms with E-state index in [1.54, 1.807) is 0 Å². The maximum atomic E-state index is 7.45. The van der Waals surface area contributed by atoms with E-state index in [-0.39, 0.29) is 5.84 Å². The zero-order valence-corrected chi connectivity index (χ0v) is 12.9. The number of nitrogens with two attached hydrogens (primary N) is 1. The molecule has 2 aromatic carbocycles. The van der Waals surface area contributed by atoms with Gasteiger partial charge in [0.05, 0.1) is 0 Å². The van der Waals surface area contributed by atoms with E-state index in [1.165, 1.54) is 16.9 Å². The third-order valence-electron chi connectivity index (χ3n) is 4.19. The first kappa shape index (κ1) is 14.4. The van der Waals surface area contributed by atoms with Gasteiger partial charge in [0.2, 0.25) is 0 Å². The van der Waals surface area contributed by atoms with Gasteiger partial charge in [0, 0.05) is 43.1 Å². The van der Waals surface area contributed by atoms with Crippen molar-refractivity contribution in [3.63, 3.8) is 0 Å². The number of benzene rings is 2. The minimum absolute atomic E-state index is 0.121. The van der Waals surface area contributed by atoms with E-state index in [4.69, 9.17) is 11.1 Å². The fourth-order valence-electron chi connectivity index (χ4n) is 2.90. The Balaban J connectivity index is 1.65. The second-order valence-electron chi connectivity index (χ2n) is 5.77. The second kappa shape index (κ2) is 6.10. The summed E-state index contributed by atoms with van der Waals surface area (Å²) < 4.78 is 0. The summed E-state index contributed by atoms with van der Waals surface area (Å²) in [6.45, 7) is 6.20. The van der Waals surface area contributed by atoms with Crippen LogP contribution in [0.5, 0.6) is 0 Å². The number of aryl methyl sites for hydroxylation is 1. The molecule has 0 spiro atoms. The minimum Gasteiger partial charge on any atom is -0.384 e. The summed E-state index contributed by atoms with van der Waals surface area (Å²) in [5, 5.41) is 7.45. The van der Waals surface area contributed by atoms with Crippen molar-refractivity contribution >= 4 is 17.2 Å². The Hall–Kier alpha value is -2.49. The molecule has 0 amide bonds. The van der Waals surface area contributed by atoms with Crippen LogP contribution in [-0.4, -0.2) is 32.0 Å². The number of hydrogen-bond donors (Lipinski definition) is 2. The van der Waals surface area contributed by atoms with E-state index < -0.39 is 0 Å². The van der Waals surface area contributed by atoms with Crippen molar-refractivity contribution in [3.8, 4) is 0 Å². The molecular weight excluding hydrogens is 272 g/mol. The van der Waals surface area contributed by atoms with Gasteiger partial charge in [-0.3, -0.25) is 5.41 Å². The van der Waals surface area contributed by atoms with E-state index >= 15 is 0 Å². The molecule has 0 aromatic heterocycles. The number of nitrogen functional groups attached to an aromatic ring is 1. The standard InChI is InChI=1S/C18H22N4/c1-14-3-2-4-17(13-14)22-11-9-21(10-12-22)16-7-5-15(6-8-16)18(19)20/h2-8,13H,9-12H2,1H3,(H3,19,20). The van der Waals surface area contributed by atoms with Crippen molar-refractivity contribution in [1.82, 2.24) is 0 Å². The van der Waals surface area contributed by atoms with Gasteiger partial charge in [0.15, 0.2) is 0 Å². The quantitative estimate of drug-likeness (QED) is 0.676. The van der Waals surface area contributed by atoms with Gasteiger partial charge in [0.25, 0.3) is 0 Å². The van der Waals surface area contributed by atoms with Gasteiger partial charge in [-0.1, -0.05) is 12.1 Å². The van der Waals surface area contributed by atoms with Crippen LogP contribution in [0.1, 0.15) is 11.1 Å². The summed E-state index contributed by atoms with van der Waals surface area (Å²) >= 11 is 0. The molecule has 0 saturated carbocycles. The Bertz CT molecular complexity index is 655. The molecular formula is C18H22N4. The first-order chi connectivity index (χ1) is 10.6. The van der Waals surface area contributed by atoms with Crippen LogP contribution in [-0.2, 0) is 0 Å². The zero-order chi connectivity index (χ0) is 15.5. The normalized spacial score (nSPS) is 15.0. The van der Waals surface area contributed by atoms with Crippen LogP contribution >= 0.6 is 0 Å². The predicted molar refractivity (Wildman–Crippen MR) is 93.1 cm³/mol. The number of anilines is 2. The molecule has 0 atom stereocenters. The lowest BCUT2D eigenvalue weighted by molar-refractivity contribution is 0.653. The fraction of sp³-hybridized carbons (Fsp3) is 0.278. The highest BCUT2D eigenvalue weighted by Crippen LogP contribution is 2.21. The highest BCUT2D eigenvalue weighted by atomic mass is 15.3. The average molecular weight is 294 g/mol. The van der Waals surface area contributed by atoms with Gasteiger partial charge in [-0.05, 0) is 48.9 Å². The van der Waals surface area contributed by atoms with E-state index in [9.17, 15) is 0 Å². The first-order valence-corrected chi connectivity index (χ1v) is 7.64. The van der Waals surface area contributed by atoms with Crippen LogP contribution in [0.3, 0.4) is 0 Å². The van der Waals surface area contributed by atoms with Gasteiger partial charge in [-0.25, -0.2) is 0 Å². The molecule has 1 aliphatic heterocycles. The van der Waals surface area contributed by atoms with Crippen molar-refractivity contribution in [2.75, 3.05) is 36.0 Å². The molecule has 1 aliphatic rings. The summed E-state index contributed by atoms with van der Waals surface area (Å²) in [5.41, 5.74) is 10.1. The first-order valence-electron chi connectivity index (χ1n) is 7.64. The second-order valence-corrected chi connectivity index (χ2v) is 5.77. The van der Waals surface area contributed by atoms with E-state index in [2.05, 4.69) is 53.1 Å². The molecule has 4 nitrogen and oxygen atoms in total. The summed E-state index contributed by atoms with van der Waals surface area (Å²) in [7, 11) is 0. The lowest BCUT2D eigenvalue weighted by Crippen LogP contribution is -2.46. The molecule has 22 heavy (non-hydrogen) atoms. The highest BCUT2D eigenvalue weighted by Gasteiger charge is 2.17. The van der Waals surface area contributed by atoms with Crippen molar-refractivity contribution < 1.29 is 0 Å². The Morgan fingerprint density at radius 3 is 2.05 bits per heavy atom. The lowest BCUT2D eigenvalue weighted by Gasteiger charge is -2.37. The van der Waals surface area contributed by atoms with Crippen LogP contribution in [0.4, 0.5) is 11.4 Å². The maximum Gasteiger partial charge on any atom is 0.122 e. The number of hydrogen-bond acceptors (Lipinski definition) is 3. The third-order valence-corrected chi connectivity index (χ3v) is 4.19. The summed E-state index contributed by atoms with van der Waals surface area (Å²) in [5.74, 6) is 0.121. The van der Waals surface area contributed by atoms with Gasteiger partial charge < -0.3 is 15.5 Å². The molecule has 114 valence electrons. The summed E-state index contributed by atoms with van der Waals surface area (Å²) in [6.07, 6.45) is 0. The van der Waals surface area contributed by atoms with Gasteiger partial charge >= 0.3 is 0 Å². The molecule has 3 rings (SSSR count). The Kier molecular flexibility index (Phi) is 4.00. The number of amidine groups is 1. The lowest BCUT2D eigenvalue weighted by atomic mass is 10.1. The van der Waals surface area contributed by atoms with Crippen molar-refractivity contribution in [3.05, 3.63) is 59.7 Å². The van der Waals surface area contributed by atoms with Gasteiger partial charge in [-0.15, -0.1) is 0 Å². The predicted octanol–water partition coefficient (Wildman–Crippen LogP) is 2.61. The topological polar surface area (TPSA) is 56.4 Å². The van der Waals surface area contributed by atoms with Crippen LogP contribution in [0.2, 0.25) is 0 Å². The number of rotatable bonds is 3. The molecule has 0 radical (unpaired) electrons. The van der Waals surface area contributed by atoms with Crippen LogP contribution < -0.4 is 15.5 Å². The highest BCUT2D eigenvalue weighted by molar-refractivity contribution is 5.95. The maximum absolute atomic E-state index is 7.45. The smallest absolute Gasteiger partial charge is 0.122 e. The summed E-state index contributed by atoms with van der Waals surface area (Å²) in [6, 6.07) is 16.6. The van der Waals surface area contributed by atoms with Crippen molar-refractivity contribution in [2.24, 2.45) is 5.73 Å². The van der Waals surface area contributed by atoms with Crippen LogP contribution in [0, 0.1) is 12.3 Å². The minimum atomic E-state index is 0.121. The number of nitrogens with zero attached hydrogens (tertiary/aromatic N) is 2. The molecule has 1 saturated heterocycles. The summed E-state index contributed by atoms with van der Waals surface area (Å²) in [4.78, 5) is 4.82. The molecule has 2 aromatic rings. The van der Waals surface area contributed by atoms with Gasteiger partial charge in [0.1, 0.15) is 5.84 Å². The Morgan fingerprint density at radius 2 is 1.50 bits per heavy atom. The van der Waals surface area contributed by atoms with E-state index in [0.29, 0.717) is 0 Å². The molecule has 0 aliphatic carbocycles. The van der Waals surface area contributed by atoms with E-state index in [0.717, 1.165) is 31.7 Å². The molecule has 0 bridgehead atoms. The van der Waals surface area contributed by atoms with Crippen molar-refractivity contribution in [2.45, 2.75) is 6.92 Å². The molecule has 1 fully saturated rings. The molecule has 3 N–H and O–H groups in total. The molecule has 0 unspecified atom stereocenters.